The summed E-state index contributed by atoms with van der Waals surface area (Å²) < 4.78 is 21.8. The lowest BCUT2D eigenvalue weighted by Gasteiger charge is -2.27. The fourth-order valence-corrected chi connectivity index (χ4v) is 2.37. The lowest BCUT2D eigenvalue weighted by molar-refractivity contribution is 0.0458. The average molecular weight is 448 g/mol. The molecule has 1 heterocycles. The van der Waals surface area contributed by atoms with Crippen molar-refractivity contribution in [2.45, 2.75) is 45.4 Å². The highest BCUT2D eigenvalue weighted by molar-refractivity contribution is 5.39. The van der Waals surface area contributed by atoms with E-state index < -0.39 is 11.6 Å². The minimum absolute atomic E-state index is 0.0964. The number of aliphatic hydroxyl groups is 1. The third-order valence-electron chi connectivity index (χ3n) is 4.03. The molecule has 0 amide bonds. The van der Waals surface area contributed by atoms with Gasteiger partial charge in [0.15, 0.2) is 24.1 Å². The second kappa shape index (κ2) is 12.9. The predicted octanol–water partition coefficient (Wildman–Crippen LogP) is 3.14. The molecule has 10 heteroatoms. The van der Waals surface area contributed by atoms with E-state index in [1.165, 1.54) is 0 Å². The number of β-amino-alcohol motifs (C(OH)–C–C–N with tert-alkyl or cyclic N) is 1. The van der Waals surface area contributed by atoms with Crippen molar-refractivity contribution in [2.24, 2.45) is 10.2 Å². The molecule has 1 atom stereocenters. The molecule has 2 aromatic rings. The number of para-hydroxylation sites is 2. The number of hydrogen-bond donors (Lipinski definition) is 2. The van der Waals surface area contributed by atoms with Gasteiger partial charge in [0.2, 0.25) is 5.88 Å². The van der Waals surface area contributed by atoms with E-state index in [1.54, 1.807) is 31.4 Å². The summed E-state index contributed by atoms with van der Waals surface area (Å²) in [5, 5.41) is 29.6. The van der Waals surface area contributed by atoms with Crippen LogP contribution in [0.15, 0.2) is 46.6 Å². The number of nitrogens with zero attached hydrogens (tertiary/aromatic N) is 4. The minimum atomic E-state index is -0.727. The van der Waals surface area contributed by atoms with Crippen LogP contribution in [-0.2, 0) is 4.74 Å². The smallest absolute Gasteiger partial charge is 0.233 e. The minimum Gasteiger partial charge on any atom is -0.487 e. The molecular formula is C22H33N5O5. The Bertz CT molecular complexity index is 830. The summed E-state index contributed by atoms with van der Waals surface area (Å²) in [4.78, 5) is 0. The second-order valence-corrected chi connectivity index (χ2v) is 8.05. The van der Waals surface area contributed by atoms with Crippen LogP contribution >= 0.6 is 0 Å². The van der Waals surface area contributed by atoms with E-state index in [0.717, 1.165) is 0 Å². The van der Waals surface area contributed by atoms with Gasteiger partial charge in [0, 0.05) is 25.3 Å². The molecule has 1 unspecified atom stereocenters. The van der Waals surface area contributed by atoms with Crippen molar-refractivity contribution >= 4 is 5.82 Å². The molecular weight excluding hydrogens is 414 g/mol. The largest absolute Gasteiger partial charge is 0.487 e. The van der Waals surface area contributed by atoms with Crippen LogP contribution in [0.25, 0.3) is 0 Å². The molecule has 1 aromatic carbocycles. The molecule has 0 fully saturated rings. The number of azo groups is 1. The number of benzene rings is 1. The van der Waals surface area contributed by atoms with Gasteiger partial charge in [0.1, 0.15) is 19.3 Å². The first kappa shape index (κ1) is 25.4. The molecule has 0 saturated carbocycles. The molecule has 0 saturated heterocycles. The fraction of sp³-hybridized carbons (Fsp3) is 0.545. The molecule has 0 bridgehead atoms. The van der Waals surface area contributed by atoms with Gasteiger partial charge in [-0.15, -0.1) is 15.3 Å². The number of hydrogen-bond acceptors (Lipinski definition) is 10. The summed E-state index contributed by atoms with van der Waals surface area (Å²) >= 11 is 0. The third-order valence-corrected chi connectivity index (χ3v) is 4.03. The van der Waals surface area contributed by atoms with Crippen molar-refractivity contribution in [1.82, 2.24) is 15.5 Å². The Hall–Kier alpha value is -2.82. The lowest BCUT2D eigenvalue weighted by atomic mass is 10.1. The quantitative estimate of drug-likeness (QED) is 0.335. The van der Waals surface area contributed by atoms with E-state index in [9.17, 15) is 5.11 Å². The molecule has 0 spiro atoms. The Labute approximate surface area is 189 Å². The lowest BCUT2D eigenvalue weighted by Crippen LogP contribution is -2.48. The normalized spacial score (nSPS) is 12.8. The van der Waals surface area contributed by atoms with E-state index in [2.05, 4.69) is 25.7 Å². The summed E-state index contributed by atoms with van der Waals surface area (Å²) in [6, 6.07) is 10.7. The first-order valence-corrected chi connectivity index (χ1v) is 10.4. The molecule has 2 N–H and O–H groups in total. The zero-order valence-electron chi connectivity index (χ0n) is 19.3. The van der Waals surface area contributed by atoms with Crippen LogP contribution in [0.1, 0.15) is 27.7 Å². The zero-order chi connectivity index (χ0) is 23.4. The van der Waals surface area contributed by atoms with Crippen molar-refractivity contribution in [1.29, 1.82) is 0 Å². The Morgan fingerprint density at radius 3 is 2.38 bits per heavy atom. The van der Waals surface area contributed by atoms with Crippen LogP contribution in [-0.4, -0.2) is 66.6 Å². The van der Waals surface area contributed by atoms with Crippen molar-refractivity contribution in [3.05, 3.63) is 36.4 Å². The van der Waals surface area contributed by atoms with Gasteiger partial charge in [-0.2, -0.15) is 5.11 Å². The highest BCUT2D eigenvalue weighted by Gasteiger charge is 2.20. The van der Waals surface area contributed by atoms with Gasteiger partial charge < -0.3 is 29.4 Å². The van der Waals surface area contributed by atoms with Gasteiger partial charge >= 0.3 is 0 Å². The van der Waals surface area contributed by atoms with Crippen molar-refractivity contribution < 1.29 is 24.1 Å². The van der Waals surface area contributed by atoms with Gasteiger partial charge in [0.05, 0.1) is 6.04 Å². The topological polar surface area (TPSA) is 120 Å². The highest BCUT2D eigenvalue weighted by Crippen LogP contribution is 2.26. The molecule has 0 aliphatic carbocycles. The summed E-state index contributed by atoms with van der Waals surface area (Å²) in [5.74, 6) is 1.92. The third kappa shape index (κ3) is 9.54. The summed E-state index contributed by atoms with van der Waals surface area (Å²) in [7, 11) is 1.55. The van der Waals surface area contributed by atoms with Gasteiger partial charge in [-0.05, 0) is 45.9 Å². The number of rotatable bonds is 14. The fourth-order valence-electron chi connectivity index (χ4n) is 2.37. The second-order valence-electron chi connectivity index (χ2n) is 8.05. The molecule has 10 nitrogen and oxygen atoms in total. The maximum Gasteiger partial charge on any atom is 0.233 e. The van der Waals surface area contributed by atoms with E-state index in [-0.39, 0.29) is 19.4 Å². The summed E-state index contributed by atoms with van der Waals surface area (Å²) in [5.41, 5.74) is -0.418. The summed E-state index contributed by atoms with van der Waals surface area (Å²) in [6.45, 7) is 8.67. The first-order chi connectivity index (χ1) is 15.3. The van der Waals surface area contributed by atoms with Crippen LogP contribution in [0.5, 0.6) is 17.4 Å². The zero-order valence-corrected chi connectivity index (χ0v) is 19.3. The molecule has 2 rings (SSSR count). The molecule has 0 radical (unpaired) electrons. The maximum absolute atomic E-state index is 10.3. The van der Waals surface area contributed by atoms with Crippen LogP contribution in [0.3, 0.4) is 0 Å². The Kier molecular flexibility index (Phi) is 10.3. The number of aromatic nitrogens is 2. The molecule has 32 heavy (non-hydrogen) atoms. The average Bonchev–Trinajstić information content (AvgIpc) is 2.78. The standard InChI is InChI=1S/C22H33N5O5/c1-16(2)24-25-20-10-11-21(27-26-20)31-14-22(3,4)23-12-17(28)13-30-18-8-6-7-9-19(18)32-15-29-5/h6-11,16-17,23,28H,12-15H2,1-5H3. The van der Waals surface area contributed by atoms with Crippen molar-refractivity contribution in [3.8, 4) is 17.4 Å². The van der Waals surface area contributed by atoms with Crippen molar-refractivity contribution in [3.63, 3.8) is 0 Å². The van der Waals surface area contributed by atoms with E-state index in [0.29, 0.717) is 36.3 Å². The highest BCUT2D eigenvalue weighted by atomic mass is 16.7. The Morgan fingerprint density at radius 2 is 1.75 bits per heavy atom. The van der Waals surface area contributed by atoms with Crippen LogP contribution in [0, 0.1) is 0 Å². The first-order valence-electron chi connectivity index (χ1n) is 10.4. The number of ether oxygens (including phenoxy) is 4. The summed E-state index contributed by atoms with van der Waals surface area (Å²) in [6.07, 6.45) is -0.727. The predicted molar refractivity (Wildman–Crippen MR) is 120 cm³/mol. The number of aliphatic hydroxyl groups excluding tert-OH is 1. The van der Waals surface area contributed by atoms with Gasteiger partial charge in [-0.3, -0.25) is 0 Å². The van der Waals surface area contributed by atoms with Gasteiger partial charge in [0.25, 0.3) is 0 Å². The van der Waals surface area contributed by atoms with E-state index in [1.807, 2.05) is 39.8 Å². The molecule has 0 aliphatic rings. The Morgan fingerprint density at radius 1 is 1.03 bits per heavy atom. The SMILES string of the molecule is COCOc1ccccc1OCC(O)CNC(C)(C)COc1ccc(N=NC(C)C)nn1. The molecule has 176 valence electrons. The number of nitrogens with one attached hydrogen (secondary N) is 1. The van der Waals surface area contributed by atoms with E-state index in [4.69, 9.17) is 18.9 Å². The van der Waals surface area contributed by atoms with Crippen LogP contribution < -0.4 is 19.5 Å². The van der Waals surface area contributed by atoms with Crippen molar-refractivity contribution in [2.75, 3.05) is 33.7 Å². The number of methoxy groups -OCH3 is 1. The Balaban J connectivity index is 1.75. The monoisotopic (exact) mass is 447 g/mol. The van der Waals surface area contributed by atoms with E-state index >= 15 is 0 Å². The maximum atomic E-state index is 10.3. The van der Waals surface area contributed by atoms with Gasteiger partial charge in [-0.25, -0.2) is 0 Å². The molecule has 0 aliphatic heterocycles. The van der Waals surface area contributed by atoms with Crippen LogP contribution in [0.4, 0.5) is 5.82 Å². The van der Waals surface area contributed by atoms with Gasteiger partial charge in [-0.1, -0.05) is 12.1 Å². The molecule has 1 aromatic heterocycles. The van der Waals surface area contributed by atoms with Crippen LogP contribution in [0.2, 0.25) is 0 Å².